The lowest BCUT2D eigenvalue weighted by Gasteiger charge is -2.23. The molecule has 1 aliphatic heterocycles. The van der Waals surface area contributed by atoms with E-state index in [1.54, 1.807) is 30.5 Å². The predicted octanol–water partition coefficient (Wildman–Crippen LogP) is 4.67. The lowest BCUT2D eigenvalue weighted by Crippen LogP contribution is -2.18. The SMILES string of the molecule is Cc1ccc2c(cnn2C2CCCCO2)c1Oc1cccc2c(O)c(C#N)c(O)nc12. The highest BCUT2D eigenvalue weighted by Crippen LogP contribution is 2.40. The highest BCUT2D eigenvalue weighted by atomic mass is 16.5. The first kappa shape index (κ1) is 19.2. The molecule has 0 amide bonds. The minimum atomic E-state index is -0.541. The number of fused-ring (bicyclic) bond motifs is 2. The Morgan fingerprint density at radius 3 is 2.84 bits per heavy atom. The third-order valence-electron chi connectivity index (χ3n) is 5.61. The molecule has 156 valence electrons. The van der Waals surface area contributed by atoms with Gasteiger partial charge >= 0.3 is 0 Å². The van der Waals surface area contributed by atoms with Crippen LogP contribution in [0.2, 0.25) is 0 Å². The van der Waals surface area contributed by atoms with E-state index in [9.17, 15) is 10.2 Å². The van der Waals surface area contributed by atoms with Crippen LogP contribution >= 0.6 is 0 Å². The molecule has 1 unspecified atom stereocenters. The van der Waals surface area contributed by atoms with Crippen molar-refractivity contribution in [2.24, 2.45) is 0 Å². The zero-order chi connectivity index (χ0) is 21.5. The number of benzene rings is 2. The van der Waals surface area contributed by atoms with E-state index in [0.717, 1.165) is 42.3 Å². The molecule has 8 nitrogen and oxygen atoms in total. The maximum Gasteiger partial charge on any atom is 0.233 e. The first-order valence-corrected chi connectivity index (χ1v) is 10.1. The van der Waals surface area contributed by atoms with Crippen LogP contribution in [0, 0.1) is 18.3 Å². The van der Waals surface area contributed by atoms with Gasteiger partial charge in [-0.2, -0.15) is 10.4 Å². The van der Waals surface area contributed by atoms with Crippen LogP contribution in [0.15, 0.2) is 36.5 Å². The van der Waals surface area contributed by atoms with Gasteiger partial charge in [0.25, 0.3) is 0 Å². The highest BCUT2D eigenvalue weighted by Gasteiger charge is 2.22. The maximum absolute atomic E-state index is 10.4. The zero-order valence-electron chi connectivity index (χ0n) is 16.9. The number of nitriles is 1. The summed E-state index contributed by atoms with van der Waals surface area (Å²) >= 11 is 0. The highest BCUT2D eigenvalue weighted by molar-refractivity contribution is 5.93. The lowest BCUT2D eigenvalue weighted by atomic mass is 10.1. The van der Waals surface area contributed by atoms with Crippen molar-refractivity contribution >= 4 is 21.8 Å². The number of hydrogen-bond acceptors (Lipinski definition) is 7. The Balaban J connectivity index is 1.63. The standard InChI is InChI=1S/C23H20N4O4/c1-13-8-9-17-16(12-25-27(17)19-7-2-3-10-30-19)22(13)31-18-6-4-5-14-20(18)26-23(29)15(11-24)21(14)28/h4-6,8-9,12,19H,2-3,7,10H2,1H3,(H2,26,28,29). The summed E-state index contributed by atoms with van der Waals surface area (Å²) in [4.78, 5) is 4.10. The molecular weight excluding hydrogens is 396 g/mol. The minimum absolute atomic E-state index is 0.0978. The topological polar surface area (TPSA) is 113 Å². The fourth-order valence-electron chi connectivity index (χ4n) is 4.01. The second-order valence-corrected chi connectivity index (χ2v) is 7.58. The molecule has 0 bridgehead atoms. The van der Waals surface area contributed by atoms with Gasteiger partial charge in [0.05, 0.1) is 17.1 Å². The van der Waals surface area contributed by atoms with Crippen LogP contribution in [0.5, 0.6) is 23.1 Å². The van der Waals surface area contributed by atoms with Crippen LogP contribution in [0.3, 0.4) is 0 Å². The predicted molar refractivity (Wildman–Crippen MR) is 113 cm³/mol. The van der Waals surface area contributed by atoms with Gasteiger partial charge in [-0.25, -0.2) is 9.67 Å². The maximum atomic E-state index is 10.4. The van der Waals surface area contributed by atoms with Crippen molar-refractivity contribution in [3.05, 3.63) is 47.7 Å². The van der Waals surface area contributed by atoms with E-state index in [1.165, 1.54) is 0 Å². The minimum Gasteiger partial charge on any atom is -0.506 e. The van der Waals surface area contributed by atoms with E-state index in [-0.39, 0.29) is 23.1 Å². The summed E-state index contributed by atoms with van der Waals surface area (Å²) in [5.74, 6) is 0.0930. The summed E-state index contributed by atoms with van der Waals surface area (Å²) in [6.07, 6.45) is 4.73. The Hall–Kier alpha value is -3.83. The quantitative estimate of drug-likeness (QED) is 0.499. The van der Waals surface area contributed by atoms with Crippen LogP contribution in [-0.4, -0.2) is 31.6 Å². The molecule has 3 heterocycles. The van der Waals surface area contributed by atoms with Gasteiger partial charge in [0, 0.05) is 12.0 Å². The molecule has 1 saturated heterocycles. The van der Waals surface area contributed by atoms with Crippen LogP contribution in [0.4, 0.5) is 0 Å². The Morgan fingerprint density at radius 2 is 2.06 bits per heavy atom. The fourth-order valence-corrected chi connectivity index (χ4v) is 4.01. The van der Waals surface area contributed by atoms with Gasteiger partial charge in [0.2, 0.25) is 5.88 Å². The first-order chi connectivity index (χ1) is 15.1. The molecule has 4 aromatic rings. The molecular formula is C23H20N4O4. The normalized spacial score (nSPS) is 16.5. The Labute approximate surface area is 177 Å². The van der Waals surface area contributed by atoms with Crippen molar-refractivity contribution in [1.82, 2.24) is 14.8 Å². The van der Waals surface area contributed by atoms with E-state index in [1.807, 2.05) is 23.7 Å². The van der Waals surface area contributed by atoms with Gasteiger partial charge in [-0.05, 0) is 49.9 Å². The number of aromatic hydroxyl groups is 2. The number of nitrogens with zero attached hydrogens (tertiary/aromatic N) is 4. The molecule has 0 aliphatic carbocycles. The number of rotatable bonds is 3. The van der Waals surface area contributed by atoms with Crippen molar-refractivity contribution in [2.45, 2.75) is 32.4 Å². The summed E-state index contributed by atoms with van der Waals surface area (Å²) in [6, 6.07) is 10.7. The molecule has 2 N–H and O–H groups in total. The van der Waals surface area contributed by atoms with E-state index in [4.69, 9.17) is 14.7 Å². The molecule has 2 aromatic carbocycles. The van der Waals surface area contributed by atoms with Crippen molar-refractivity contribution in [3.8, 4) is 29.2 Å². The molecule has 5 rings (SSSR count). The van der Waals surface area contributed by atoms with E-state index < -0.39 is 5.88 Å². The molecule has 2 aromatic heterocycles. The lowest BCUT2D eigenvalue weighted by molar-refractivity contribution is -0.0366. The first-order valence-electron chi connectivity index (χ1n) is 10.1. The average Bonchev–Trinajstić information content (AvgIpc) is 3.21. The Bertz CT molecular complexity index is 1350. The van der Waals surface area contributed by atoms with Crippen LogP contribution in [-0.2, 0) is 4.74 Å². The van der Waals surface area contributed by atoms with Crippen LogP contribution in [0.25, 0.3) is 21.8 Å². The third-order valence-corrected chi connectivity index (χ3v) is 5.61. The molecule has 0 spiro atoms. The molecule has 0 saturated carbocycles. The summed E-state index contributed by atoms with van der Waals surface area (Å²) < 4.78 is 14.0. The number of pyridine rings is 1. The number of para-hydroxylation sites is 1. The monoisotopic (exact) mass is 416 g/mol. The van der Waals surface area contributed by atoms with Crippen molar-refractivity contribution in [2.75, 3.05) is 6.61 Å². The van der Waals surface area contributed by atoms with Crippen molar-refractivity contribution in [1.29, 1.82) is 5.26 Å². The number of ether oxygens (including phenoxy) is 2. The summed E-state index contributed by atoms with van der Waals surface area (Å²) in [7, 11) is 0. The van der Waals surface area contributed by atoms with Gasteiger partial charge in [-0.3, -0.25) is 0 Å². The second kappa shape index (κ2) is 7.45. The number of aromatic nitrogens is 3. The molecule has 1 fully saturated rings. The zero-order valence-corrected chi connectivity index (χ0v) is 16.9. The van der Waals surface area contributed by atoms with Crippen molar-refractivity contribution < 1.29 is 19.7 Å². The second-order valence-electron chi connectivity index (χ2n) is 7.58. The third kappa shape index (κ3) is 3.10. The molecule has 1 atom stereocenters. The summed E-state index contributed by atoms with van der Waals surface area (Å²) in [5.41, 5.74) is 1.79. The van der Waals surface area contributed by atoms with Gasteiger partial charge < -0.3 is 19.7 Å². The van der Waals surface area contributed by atoms with E-state index >= 15 is 0 Å². The Kier molecular flexibility index (Phi) is 4.60. The number of hydrogen-bond donors (Lipinski definition) is 2. The average molecular weight is 416 g/mol. The number of aryl methyl sites for hydroxylation is 1. The fraction of sp³-hybridized carbons (Fsp3) is 0.261. The van der Waals surface area contributed by atoms with E-state index in [2.05, 4.69) is 10.1 Å². The molecule has 0 radical (unpaired) electrons. The Morgan fingerprint density at radius 1 is 1.19 bits per heavy atom. The van der Waals surface area contributed by atoms with Gasteiger partial charge in [-0.15, -0.1) is 0 Å². The van der Waals surface area contributed by atoms with Crippen LogP contribution < -0.4 is 4.74 Å². The molecule has 8 heteroatoms. The molecule has 31 heavy (non-hydrogen) atoms. The van der Waals surface area contributed by atoms with Gasteiger partial charge in [0.15, 0.2) is 17.5 Å². The van der Waals surface area contributed by atoms with Crippen molar-refractivity contribution in [3.63, 3.8) is 0 Å². The van der Waals surface area contributed by atoms with E-state index in [0.29, 0.717) is 16.9 Å². The molecule has 1 aliphatic rings. The van der Waals surface area contributed by atoms with Crippen LogP contribution in [0.1, 0.15) is 36.6 Å². The smallest absolute Gasteiger partial charge is 0.233 e. The summed E-state index contributed by atoms with van der Waals surface area (Å²) in [6.45, 7) is 2.66. The largest absolute Gasteiger partial charge is 0.506 e. The van der Waals surface area contributed by atoms with Gasteiger partial charge in [-0.1, -0.05) is 12.1 Å². The van der Waals surface area contributed by atoms with Gasteiger partial charge in [0.1, 0.15) is 23.1 Å². The summed E-state index contributed by atoms with van der Waals surface area (Å²) in [5, 5.41) is 35.3.